The van der Waals surface area contributed by atoms with Crippen molar-refractivity contribution in [1.29, 1.82) is 0 Å². The summed E-state index contributed by atoms with van der Waals surface area (Å²) in [7, 11) is 0. The van der Waals surface area contributed by atoms with Crippen LogP contribution < -0.4 is 0 Å². The molecule has 1 aliphatic carbocycles. The van der Waals surface area contributed by atoms with Crippen LogP contribution in [0, 0.1) is 5.41 Å². The van der Waals surface area contributed by atoms with Gasteiger partial charge in [-0.2, -0.15) is 0 Å². The van der Waals surface area contributed by atoms with Crippen molar-refractivity contribution >= 4 is 17.2 Å². The van der Waals surface area contributed by atoms with E-state index < -0.39 is 0 Å². The van der Waals surface area contributed by atoms with Crippen molar-refractivity contribution in [2.45, 2.75) is 51.9 Å². The van der Waals surface area contributed by atoms with Gasteiger partial charge in [0, 0.05) is 13.1 Å². The smallest absolute Gasteiger partial charge is 0.104 e. The predicted molar refractivity (Wildman–Crippen MR) is 73.7 cm³/mol. The minimum Gasteiger partial charge on any atom is -0.363 e. The van der Waals surface area contributed by atoms with Crippen molar-refractivity contribution in [3.8, 4) is 0 Å². The van der Waals surface area contributed by atoms with Gasteiger partial charge in [0.2, 0.25) is 0 Å². The first-order chi connectivity index (χ1) is 7.63. The third kappa shape index (κ3) is 2.48. The van der Waals surface area contributed by atoms with Crippen LogP contribution in [0.2, 0.25) is 0 Å². The summed E-state index contributed by atoms with van der Waals surface area (Å²) in [5.41, 5.74) is 1.73. The topological polar surface area (TPSA) is 3.24 Å². The second-order valence-corrected chi connectivity index (χ2v) is 6.02. The van der Waals surface area contributed by atoms with Gasteiger partial charge in [0.05, 0.1) is 0 Å². The maximum absolute atomic E-state index is 5.41. The number of rotatable bonds is 1. The summed E-state index contributed by atoms with van der Waals surface area (Å²) in [5, 5.41) is 0. The lowest BCUT2D eigenvalue weighted by atomic mass is 9.68. The number of nitrogens with zero attached hydrogens (tertiary/aromatic N) is 1. The van der Waals surface area contributed by atoms with E-state index in [-0.39, 0.29) is 0 Å². The second-order valence-electron chi connectivity index (χ2n) is 5.63. The van der Waals surface area contributed by atoms with Crippen molar-refractivity contribution < 1.29 is 0 Å². The Labute approximate surface area is 105 Å². The Bertz CT molecular complexity index is 279. The lowest BCUT2D eigenvalue weighted by Gasteiger charge is -2.45. The van der Waals surface area contributed by atoms with Crippen molar-refractivity contribution in [2.24, 2.45) is 5.41 Å². The first-order valence-corrected chi connectivity index (χ1v) is 6.99. The van der Waals surface area contributed by atoms with E-state index in [0.717, 1.165) is 23.7 Å². The molecule has 0 aromatic rings. The van der Waals surface area contributed by atoms with Gasteiger partial charge in [-0.1, -0.05) is 38.1 Å². The van der Waals surface area contributed by atoms with Crippen LogP contribution in [0.4, 0.5) is 0 Å². The molecule has 0 aromatic heterocycles. The highest BCUT2D eigenvalue weighted by atomic mass is 32.1. The first kappa shape index (κ1) is 12.1. The fourth-order valence-corrected chi connectivity index (χ4v) is 3.44. The molecule has 90 valence electrons. The minimum absolute atomic E-state index is 0.680. The lowest BCUT2D eigenvalue weighted by molar-refractivity contribution is 0.0989. The summed E-state index contributed by atoms with van der Waals surface area (Å²) in [5.74, 6) is 0. The van der Waals surface area contributed by atoms with E-state index >= 15 is 0 Å². The molecule has 16 heavy (non-hydrogen) atoms. The summed E-state index contributed by atoms with van der Waals surface area (Å²) < 4.78 is 0. The molecule has 1 heterocycles. The van der Waals surface area contributed by atoms with Crippen LogP contribution >= 0.6 is 12.2 Å². The Morgan fingerprint density at radius 2 is 1.62 bits per heavy atom. The Balaban J connectivity index is 1.91. The normalized spacial score (nSPS) is 24.4. The molecule has 2 heteroatoms. The fraction of sp³-hybridized carbons (Fsp3) is 0.786. The Kier molecular flexibility index (Phi) is 3.68. The molecule has 0 radical (unpaired) electrons. The second kappa shape index (κ2) is 4.87. The molecule has 0 amide bonds. The molecular formula is C14H23NS. The van der Waals surface area contributed by atoms with Gasteiger partial charge in [-0.05, 0) is 43.6 Å². The van der Waals surface area contributed by atoms with Gasteiger partial charge >= 0.3 is 0 Å². The van der Waals surface area contributed by atoms with Crippen LogP contribution in [0.25, 0.3) is 0 Å². The molecule has 2 rings (SSSR count). The van der Waals surface area contributed by atoms with Gasteiger partial charge in [0.25, 0.3) is 0 Å². The van der Waals surface area contributed by atoms with E-state index in [1.165, 1.54) is 44.9 Å². The van der Waals surface area contributed by atoms with E-state index in [2.05, 4.69) is 11.5 Å². The van der Waals surface area contributed by atoms with Crippen molar-refractivity contribution in [1.82, 2.24) is 4.90 Å². The highest BCUT2D eigenvalue weighted by Gasteiger charge is 2.35. The average Bonchev–Trinajstić information content (AvgIpc) is 2.30. The maximum atomic E-state index is 5.41. The molecule has 1 nitrogen and oxygen atoms in total. The zero-order valence-electron chi connectivity index (χ0n) is 10.4. The third-order valence-electron chi connectivity index (χ3n) is 4.39. The number of hydrogen-bond donors (Lipinski definition) is 0. The molecule has 0 bridgehead atoms. The molecule has 1 saturated heterocycles. The zero-order chi connectivity index (χ0) is 11.6. The van der Waals surface area contributed by atoms with Crippen LogP contribution in [0.15, 0.2) is 12.2 Å². The molecule has 2 aliphatic rings. The van der Waals surface area contributed by atoms with E-state index in [1.54, 1.807) is 0 Å². The Morgan fingerprint density at radius 3 is 2.12 bits per heavy atom. The fourth-order valence-electron chi connectivity index (χ4n) is 3.26. The van der Waals surface area contributed by atoms with Gasteiger partial charge < -0.3 is 4.90 Å². The molecule has 0 N–H and O–H groups in total. The molecule has 1 aliphatic heterocycles. The predicted octanol–water partition coefficient (Wildman–Crippen LogP) is 3.94. The van der Waals surface area contributed by atoms with E-state index in [4.69, 9.17) is 12.2 Å². The summed E-state index contributed by atoms with van der Waals surface area (Å²) in [6.45, 7) is 8.29. The molecular weight excluding hydrogens is 214 g/mol. The monoisotopic (exact) mass is 237 g/mol. The maximum Gasteiger partial charge on any atom is 0.104 e. The van der Waals surface area contributed by atoms with Crippen molar-refractivity contribution in [3.63, 3.8) is 0 Å². The lowest BCUT2D eigenvalue weighted by Crippen LogP contribution is -2.43. The summed E-state index contributed by atoms with van der Waals surface area (Å²) >= 11 is 5.41. The van der Waals surface area contributed by atoms with E-state index in [1.807, 2.05) is 6.92 Å². The van der Waals surface area contributed by atoms with Crippen molar-refractivity contribution in [2.75, 3.05) is 13.1 Å². The van der Waals surface area contributed by atoms with Crippen LogP contribution in [0.1, 0.15) is 51.9 Å². The van der Waals surface area contributed by atoms with Crippen LogP contribution in [-0.4, -0.2) is 23.0 Å². The van der Waals surface area contributed by atoms with Gasteiger partial charge in [-0.25, -0.2) is 0 Å². The van der Waals surface area contributed by atoms with Crippen molar-refractivity contribution in [3.05, 3.63) is 12.2 Å². The van der Waals surface area contributed by atoms with Gasteiger partial charge in [-0.3, -0.25) is 0 Å². The molecule has 0 atom stereocenters. The molecule has 0 unspecified atom stereocenters. The largest absolute Gasteiger partial charge is 0.363 e. The number of likely N-dealkylation sites (tertiary alicyclic amines) is 1. The van der Waals surface area contributed by atoms with Gasteiger partial charge in [0.1, 0.15) is 4.99 Å². The van der Waals surface area contributed by atoms with Crippen LogP contribution in [0.5, 0.6) is 0 Å². The summed E-state index contributed by atoms with van der Waals surface area (Å²) in [6.07, 6.45) is 9.97. The van der Waals surface area contributed by atoms with Gasteiger partial charge in [0.15, 0.2) is 0 Å². The molecule has 0 aromatic carbocycles. The van der Waals surface area contributed by atoms with Gasteiger partial charge in [-0.15, -0.1) is 0 Å². The first-order valence-electron chi connectivity index (χ1n) is 6.58. The minimum atomic E-state index is 0.680. The number of thiocarbonyl (C=S) groups is 1. The summed E-state index contributed by atoms with van der Waals surface area (Å²) in [4.78, 5) is 3.35. The average molecular weight is 237 g/mol. The highest BCUT2D eigenvalue weighted by molar-refractivity contribution is 7.80. The van der Waals surface area contributed by atoms with Crippen LogP contribution in [-0.2, 0) is 0 Å². The molecule has 1 spiro atoms. The SMILES string of the molecule is C=C(C)C(=S)N1CCC2(CCCCC2)CC1. The zero-order valence-corrected chi connectivity index (χ0v) is 11.2. The number of hydrogen-bond acceptors (Lipinski definition) is 1. The third-order valence-corrected chi connectivity index (χ3v) is 5.00. The highest BCUT2D eigenvalue weighted by Crippen LogP contribution is 2.44. The molecule has 1 saturated carbocycles. The van der Waals surface area contributed by atoms with E-state index in [9.17, 15) is 0 Å². The number of piperidine rings is 1. The van der Waals surface area contributed by atoms with E-state index in [0.29, 0.717) is 5.41 Å². The quantitative estimate of drug-likeness (QED) is 0.502. The summed E-state index contributed by atoms with van der Waals surface area (Å²) in [6, 6.07) is 0. The van der Waals surface area contributed by atoms with Crippen LogP contribution in [0.3, 0.4) is 0 Å². The Hall–Kier alpha value is -0.370. The molecule has 2 fully saturated rings. The standard InChI is InChI=1S/C14H23NS/c1-12(2)13(16)15-10-8-14(9-11-15)6-4-3-5-7-14/h1,3-11H2,2H3. The Morgan fingerprint density at radius 1 is 1.06 bits per heavy atom.